The van der Waals surface area contributed by atoms with Crippen LogP contribution in [0.4, 0.5) is 0 Å². The zero-order valence-corrected chi connectivity index (χ0v) is 11.9. The molecule has 0 bridgehead atoms. The maximum absolute atomic E-state index is 12.5. The van der Waals surface area contributed by atoms with Crippen molar-refractivity contribution >= 4 is 10.0 Å². The van der Waals surface area contributed by atoms with E-state index in [4.69, 9.17) is 0 Å². The first-order chi connectivity index (χ1) is 8.45. The van der Waals surface area contributed by atoms with E-state index in [-0.39, 0.29) is 6.04 Å². The fourth-order valence-electron chi connectivity index (χ4n) is 2.41. The van der Waals surface area contributed by atoms with Crippen LogP contribution in [0.25, 0.3) is 0 Å². The monoisotopic (exact) mass is 268 g/mol. The molecule has 4 nitrogen and oxygen atoms in total. The van der Waals surface area contributed by atoms with Crippen molar-refractivity contribution in [1.82, 2.24) is 9.62 Å². The molecule has 0 saturated carbocycles. The van der Waals surface area contributed by atoms with Gasteiger partial charge in [-0.25, -0.2) is 8.42 Å². The number of likely N-dealkylation sites (N-methyl/N-ethyl adjacent to an activating group) is 1. The van der Waals surface area contributed by atoms with E-state index in [1.807, 2.05) is 33.0 Å². The predicted molar refractivity (Wildman–Crippen MR) is 72.1 cm³/mol. The van der Waals surface area contributed by atoms with Crippen molar-refractivity contribution in [3.63, 3.8) is 0 Å². The van der Waals surface area contributed by atoms with E-state index in [2.05, 4.69) is 5.32 Å². The number of aryl methyl sites for hydroxylation is 2. The van der Waals surface area contributed by atoms with Crippen LogP contribution >= 0.6 is 0 Å². The predicted octanol–water partition coefficient (Wildman–Crippen LogP) is 1.29. The van der Waals surface area contributed by atoms with Crippen molar-refractivity contribution in [2.75, 3.05) is 20.1 Å². The van der Waals surface area contributed by atoms with Crippen LogP contribution in [-0.4, -0.2) is 38.9 Å². The summed E-state index contributed by atoms with van der Waals surface area (Å²) in [4.78, 5) is 0.435. The van der Waals surface area contributed by atoms with E-state index in [0.29, 0.717) is 18.0 Å². The average Bonchev–Trinajstić information content (AvgIpc) is 2.77. The van der Waals surface area contributed by atoms with Crippen LogP contribution in [0.15, 0.2) is 23.1 Å². The zero-order chi connectivity index (χ0) is 13.3. The van der Waals surface area contributed by atoms with Crippen molar-refractivity contribution in [2.45, 2.75) is 31.2 Å². The van der Waals surface area contributed by atoms with Gasteiger partial charge in [0, 0.05) is 19.1 Å². The van der Waals surface area contributed by atoms with E-state index in [0.717, 1.165) is 17.5 Å². The minimum absolute atomic E-state index is 0.269. The second-order valence-corrected chi connectivity index (χ2v) is 6.81. The highest BCUT2D eigenvalue weighted by atomic mass is 32.2. The number of hydrogen-bond donors (Lipinski definition) is 1. The lowest BCUT2D eigenvalue weighted by Gasteiger charge is -2.18. The average molecular weight is 268 g/mol. The number of nitrogens with one attached hydrogen (secondary N) is 1. The second-order valence-electron chi connectivity index (χ2n) is 4.91. The standard InChI is InChI=1S/C13H20N2O2S/c1-10-4-5-13(11(2)8-10)18(16,17)15-7-6-12(9-15)14-3/h4-5,8,12,14H,6-7,9H2,1-3H3. The molecule has 0 spiro atoms. The molecule has 1 aliphatic rings. The van der Waals surface area contributed by atoms with Crippen molar-refractivity contribution in [3.8, 4) is 0 Å². The number of hydrogen-bond acceptors (Lipinski definition) is 3. The summed E-state index contributed by atoms with van der Waals surface area (Å²) in [6, 6.07) is 5.75. The SMILES string of the molecule is CNC1CCN(S(=O)(=O)c2ccc(C)cc2C)C1. The fourth-order valence-corrected chi connectivity index (χ4v) is 4.12. The van der Waals surface area contributed by atoms with Gasteiger partial charge in [-0.15, -0.1) is 0 Å². The molecule has 0 aromatic heterocycles. The summed E-state index contributed by atoms with van der Waals surface area (Å²) in [6.07, 6.45) is 0.876. The molecule has 18 heavy (non-hydrogen) atoms. The summed E-state index contributed by atoms with van der Waals surface area (Å²) in [5, 5.41) is 3.14. The van der Waals surface area contributed by atoms with Crippen LogP contribution < -0.4 is 5.32 Å². The summed E-state index contributed by atoms with van der Waals surface area (Å²) in [5.41, 5.74) is 1.91. The normalized spacial score (nSPS) is 21.4. The van der Waals surface area contributed by atoms with E-state index >= 15 is 0 Å². The van der Waals surface area contributed by atoms with Gasteiger partial charge in [-0.2, -0.15) is 4.31 Å². The van der Waals surface area contributed by atoms with Gasteiger partial charge in [0.15, 0.2) is 0 Å². The van der Waals surface area contributed by atoms with Crippen LogP contribution in [-0.2, 0) is 10.0 Å². The Balaban J connectivity index is 2.31. The Morgan fingerprint density at radius 2 is 2.06 bits per heavy atom. The van der Waals surface area contributed by atoms with E-state index in [1.165, 1.54) is 0 Å². The van der Waals surface area contributed by atoms with Crippen molar-refractivity contribution < 1.29 is 8.42 Å². The molecule has 1 unspecified atom stereocenters. The highest BCUT2D eigenvalue weighted by Crippen LogP contribution is 2.24. The smallest absolute Gasteiger partial charge is 0.243 e. The Kier molecular flexibility index (Phi) is 3.75. The van der Waals surface area contributed by atoms with Gasteiger partial charge in [-0.05, 0) is 38.9 Å². The van der Waals surface area contributed by atoms with Crippen molar-refractivity contribution in [2.24, 2.45) is 0 Å². The summed E-state index contributed by atoms with van der Waals surface area (Å²) >= 11 is 0. The molecule has 1 aliphatic heterocycles. The van der Waals surface area contributed by atoms with Gasteiger partial charge in [0.1, 0.15) is 0 Å². The Labute approximate surface area is 109 Å². The molecule has 1 heterocycles. The molecular formula is C13H20N2O2S. The van der Waals surface area contributed by atoms with Crippen molar-refractivity contribution in [1.29, 1.82) is 0 Å². The van der Waals surface area contributed by atoms with Gasteiger partial charge < -0.3 is 5.32 Å². The molecule has 1 aromatic carbocycles. The van der Waals surface area contributed by atoms with E-state index in [9.17, 15) is 8.42 Å². The summed E-state index contributed by atoms with van der Waals surface area (Å²) in [6.45, 7) is 4.98. The Hall–Kier alpha value is -0.910. The zero-order valence-electron chi connectivity index (χ0n) is 11.1. The molecule has 1 N–H and O–H groups in total. The molecule has 0 aliphatic carbocycles. The number of benzene rings is 1. The number of sulfonamides is 1. The van der Waals surface area contributed by atoms with Gasteiger partial charge in [0.2, 0.25) is 10.0 Å². The molecule has 1 atom stereocenters. The quantitative estimate of drug-likeness (QED) is 0.898. The third kappa shape index (κ3) is 2.43. The molecule has 0 amide bonds. The Morgan fingerprint density at radius 1 is 1.33 bits per heavy atom. The lowest BCUT2D eigenvalue weighted by atomic mass is 10.2. The minimum Gasteiger partial charge on any atom is -0.316 e. The van der Waals surface area contributed by atoms with E-state index in [1.54, 1.807) is 10.4 Å². The largest absolute Gasteiger partial charge is 0.316 e. The number of nitrogens with zero attached hydrogens (tertiary/aromatic N) is 1. The van der Waals surface area contributed by atoms with Gasteiger partial charge in [-0.3, -0.25) is 0 Å². The van der Waals surface area contributed by atoms with Gasteiger partial charge >= 0.3 is 0 Å². The fraction of sp³-hybridized carbons (Fsp3) is 0.538. The molecule has 2 rings (SSSR count). The maximum Gasteiger partial charge on any atom is 0.243 e. The van der Waals surface area contributed by atoms with Crippen LogP contribution in [0.1, 0.15) is 17.5 Å². The lowest BCUT2D eigenvalue weighted by Crippen LogP contribution is -2.33. The van der Waals surface area contributed by atoms with Crippen LogP contribution in [0, 0.1) is 13.8 Å². The van der Waals surface area contributed by atoms with Crippen LogP contribution in [0.2, 0.25) is 0 Å². The first-order valence-electron chi connectivity index (χ1n) is 6.20. The Morgan fingerprint density at radius 3 is 2.61 bits per heavy atom. The van der Waals surface area contributed by atoms with Crippen molar-refractivity contribution in [3.05, 3.63) is 29.3 Å². The topological polar surface area (TPSA) is 49.4 Å². The minimum atomic E-state index is -3.34. The first-order valence-corrected chi connectivity index (χ1v) is 7.64. The van der Waals surface area contributed by atoms with Gasteiger partial charge in [0.25, 0.3) is 0 Å². The number of rotatable bonds is 3. The molecule has 100 valence electrons. The first kappa shape index (κ1) is 13.5. The molecule has 0 radical (unpaired) electrons. The second kappa shape index (κ2) is 4.99. The third-order valence-corrected chi connectivity index (χ3v) is 5.53. The van der Waals surface area contributed by atoms with Gasteiger partial charge in [-0.1, -0.05) is 17.7 Å². The molecule has 1 aromatic rings. The van der Waals surface area contributed by atoms with Gasteiger partial charge in [0.05, 0.1) is 4.90 Å². The van der Waals surface area contributed by atoms with Crippen LogP contribution in [0.3, 0.4) is 0 Å². The van der Waals surface area contributed by atoms with Crippen LogP contribution in [0.5, 0.6) is 0 Å². The highest BCUT2D eigenvalue weighted by molar-refractivity contribution is 7.89. The molecule has 5 heteroatoms. The maximum atomic E-state index is 12.5. The Bertz CT molecular complexity index is 540. The molecular weight excluding hydrogens is 248 g/mol. The lowest BCUT2D eigenvalue weighted by molar-refractivity contribution is 0.464. The van der Waals surface area contributed by atoms with E-state index < -0.39 is 10.0 Å². The summed E-state index contributed by atoms with van der Waals surface area (Å²) in [5.74, 6) is 0. The summed E-state index contributed by atoms with van der Waals surface area (Å²) in [7, 11) is -1.46. The summed E-state index contributed by atoms with van der Waals surface area (Å²) < 4.78 is 26.6. The third-order valence-electron chi connectivity index (χ3n) is 3.51. The molecule has 1 fully saturated rings. The highest BCUT2D eigenvalue weighted by Gasteiger charge is 2.32. The molecule has 1 saturated heterocycles.